The molecule has 0 saturated heterocycles. The molecule has 0 radical (unpaired) electrons. The quantitative estimate of drug-likeness (QED) is 0.703. The molecule has 14 heavy (non-hydrogen) atoms. The summed E-state index contributed by atoms with van der Waals surface area (Å²) in [4.78, 5) is 11.3. The Balaban J connectivity index is 2.22. The third-order valence-corrected chi connectivity index (χ3v) is 2.10. The fourth-order valence-corrected chi connectivity index (χ4v) is 1.36. The summed E-state index contributed by atoms with van der Waals surface area (Å²) in [5.74, 6) is -0.811. The fraction of sp³-hybridized carbons (Fsp3) is 0. The molecule has 0 bridgehead atoms. The molecular formula is C6H5FN6S. The molecule has 0 fully saturated rings. The van der Waals surface area contributed by atoms with Crippen LogP contribution in [0.1, 0.15) is 0 Å². The van der Waals surface area contributed by atoms with Crippen LogP contribution in [0.15, 0.2) is 22.8 Å². The van der Waals surface area contributed by atoms with Crippen LogP contribution in [0.4, 0.5) is 10.2 Å². The molecule has 8 heteroatoms. The van der Waals surface area contributed by atoms with Gasteiger partial charge in [0.2, 0.25) is 0 Å². The molecule has 0 atom stereocenters. The predicted octanol–water partition coefficient (Wildman–Crippen LogP) is 0.467. The number of nitrogens with two attached hydrogens (primary N) is 1. The Hall–Kier alpha value is -1.70. The number of nitrogen functional groups attached to an aromatic ring is 1. The minimum atomic E-state index is -0.632. The normalized spacial score (nSPS) is 10.4. The zero-order valence-corrected chi connectivity index (χ0v) is 7.62. The highest BCUT2D eigenvalue weighted by Gasteiger charge is 2.06. The lowest BCUT2D eigenvalue weighted by Gasteiger charge is -1.97. The molecule has 6 nitrogen and oxygen atoms in total. The average Bonchev–Trinajstić information content (AvgIpc) is 2.64. The largest absolute Gasteiger partial charge is 0.381 e. The molecular weight excluding hydrogens is 207 g/mol. The first-order chi connectivity index (χ1) is 6.75. The Kier molecular flexibility index (Phi) is 2.27. The molecule has 3 N–H and O–H groups in total. The summed E-state index contributed by atoms with van der Waals surface area (Å²) in [5, 5.41) is 7.09. The molecule has 0 aliphatic heterocycles. The van der Waals surface area contributed by atoms with Crippen molar-refractivity contribution in [2.24, 2.45) is 0 Å². The zero-order chi connectivity index (χ0) is 9.97. The highest BCUT2D eigenvalue weighted by atomic mass is 32.2. The molecule has 2 rings (SSSR count). The molecule has 72 valence electrons. The van der Waals surface area contributed by atoms with Crippen LogP contribution in [-0.4, -0.2) is 25.1 Å². The van der Waals surface area contributed by atoms with Crippen LogP contribution in [-0.2, 0) is 0 Å². The number of aromatic nitrogens is 5. The van der Waals surface area contributed by atoms with Gasteiger partial charge in [-0.15, -0.1) is 0 Å². The van der Waals surface area contributed by atoms with Crippen molar-refractivity contribution >= 4 is 17.6 Å². The summed E-state index contributed by atoms with van der Waals surface area (Å²) < 4.78 is 12.7. The summed E-state index contributed by atoms with van der Waals surface area (Å²) in [6.07, 6.45) is 2.37. The Morgan fingerprint density at radius 3 is 2.93 bits per heavy atom. The van der Waals surface area contributed by atoms with Gasteiger partial charge in [0.05, 0.1) is 6.20 Å². The smallest absolute Gasteiger partial charge is 0.197 e. The minimum absolute atomic E-state index is 0.179. The second kappa shape index (κ2) is 3.58. The molecule has 2 aromatic heterocycles. The van der Waals surface area contributed by atoms with Gasteiger partial charge in [0, 0.05) is 0 Å². The molecule has 0 spiro atoms. The topological polar surface area (TPSA) is 93.4 Å². The Morgan fingerprint density at radius 2 is 2.29 bits per heavy atom. The number of hydrogen-bond acceptors (Lipinski definition) is 6. The lowest BCUT2D eigenvalue weighted by molar-refractivity contribution is 0.612. The molecule has 0 aliphatic rings. The van der Waals surface area contributed by atoms with Crippen molar-refractivity contribution in [2.75, 3.05) is 5.73 Å². The van der Waals surface area contributed by atoms with E-state index in [0.29, 0.717) is 10.3 Å². The number of H-pyrrole nitrogens is 1. The van der Waals surface area contributed by atoms with E-state index in [9.17, 15) is 4.39 Å². The molecule has 2 heterocycles. The number of hydrogen-bond donors (Lipinski definition) is 2. The second-order valence-corrected chi connectivity index (χ2v) is 3.23. The van der Waals surface area contributed by atoms with Crippen LogP contribution in [0.25, 0.3) is 0 Å². The van der Waals surface area contributed by atoms with Crippen LogP contribution in [0.3, 0.4) is 0 Å². The Morgan fingerprint density at radius 1 is 1.43 bits per heavy atom. The summed E-state index contributed by atoms with van der Waals surface area (Å²) in [7, 11) is 0. The van der Waals surface area contributed by atoms with Crippen LogP contribution < -0.4 is 5.73 Å². The van der Waals surface area contributed by atoms with E-state index in [2.05, 4.69) is 25.1 Å². The first kappa shape index (κ1) is 8.88. The van der Waals surface area contributed by atoms with E-state index in [0.717, 1.165) is 18.0 Å². The van der Waals surface area contributed by atoms with Crippen molar-refractivity contribution in [3.8, 4) is 0 Å². The molecule has 2 aromatic rings. The highest BCUT2D eigenvalue weighted by Crippen LogP contribution is 2.20. The van der Waals surface area contributed by atoms with E-state index in [1.54, 1.807) is 0 Å². The number of nitrogens with one attached hydrogen (secondary N) is 1. The Labute approximate surface area is 82.2 Å². The lowest BCUT2D eigenvalue weighted by Crippen LogP contribution is -1.98. The van der Waals surface area contributed by atoms with Gasteiger partial charge in [-0.2, -0.15) is 5.10 Å². The molecule has 0 amide bonds. The first-order valence-electron chi connectivity index (χ1n) is 3.57. The minimum Gasteiger partial charge on any atom is -0.381 e. The summed E-state index contributed by atoms with van der Waals surface area (Å²) >= 11 is 1.12. The van der Waals surface area contributed by atoms with Crippen LogP contribution in [0.5, 0.6) is 0 Å². The van der Waals surface area contributed by atoms with Gasteiger partial charge >= 0.3 is 0 Å². The van der Waals surface area contributed by atoms with Gasteiger partial charge in [-0.05, 0) is 11.8 Å². The fourth-order valence-electron chi connectivity index (χ4n) is 0.742. The maximum Gasteiger partial charge on any atom is 0.197 e. The van der Waals surface area contributed by atoms with E-state index in [-0.39, 0.29) is 5.82 Å². The molecule has 0 aromatic carbocycles. The van der Waals surface area contributed by atoms with Crippen molar-refractivity contribution in [2.45, 2.75) is 10.3 Å². The van der Waals surface area contributed by atoms with E-state index in [4.69, 9.17) is 5.73 Å². The summed E-state index contributed by atoms with van der Waals surface area (Å²) in [6.45, 7) is 0. The van der Waals surface area contributed by atoms with Crippen molar-refractivity contribution in [1.29, 1.82) is 0 Å². The molecule has 0 aliphatic carbocycles. The van der Waals surface area contributed by atoms with E-state index in [1.807, 2.05) is 0 Å². The molecule has 0 unspecified atom stereocenters. The number of rotatable bonds is 2. The number of nitrogens with zero attached hydrogens (tertiary/aromatic N) is 4. The standard InChI is InChI=1S/C6H5FN6S/c7-3-1-9-5(12-4(3)8)14-6-10-2-11-13-6/h1-2H,(H2,8,9,12)(H,10,11,13). The monoisotopic (exact) mass is 212 g/mol. The zero-order valence-electron chi connectivity index (χ0n) is 6.81. The van der Waals surface area contributed by atoms with Gasteiger partial charge in [-0.25, -0.2) is 19.3 Å². The second-order valence-electron chi connectivity index (χ2n) is 2.28. The third-order valence-electron chi connectivity index (χ3n) is 1.33. The van der Waals surface area contributed by atoms with Gasteiger partial charge < -0.3 is 5.73 Å². The molecule has 0 saturated carbocycles. The maximum atomic E-state index is 12.7. The van der Waals surface area contributed by atoms with Gasteiger partial charge in [-0.1, -0.05) is 0 Å². The van der Waals surface area contributed by atoms with Gasteiger partial charge in [-0.3, -0.25) is 5.10 Å². The number of halogens is 1. The van der Waals surface area contributed by atoms with Crippen molar-refractivity contribution < 1.29 is 4.39 Å². The predicted molar refractivity (Wildman–Crippen MR) is 46.9 cm³/mol. The van der Waals surface area contributed by atoms with E-state index in [1.165, 1.54) is 6.33 Å². The lowest BCUT2D eigenvalue weighted by atomic mass is 10.6. The van der Waals surface area contributed by atoms with Crippen molar-refractivity contribution in [3.05, 3.63) is 18.3 Å². The van der Waals surface area contributed by atoms with E-state index < -0.39 is 5.82 Å². The first-order valence-corrected chi connectivity index (χ1v) is 4.38. The van der Waals surface area contributed by atoms with Gasteiger partial charge in [0.1, 0.15) is 6.33 Å². The van der Waals surface area contributed by atoms with Gasteiger partial charge in [0.25, 0.3) is 0 Å². The van der Waals surface area contributed by atoms with Crippen LogP contribution >= 0.6 is 11.8 Å². The number of aromatic amines is 1. The SMILES string of the molecule is Nc1nc(Sc2ncn[nH]2)ncc1F. The average molecular weight is 212 g/mol. The Bertz CT molecular complexity index is 430. The van der Waals surface area contributed by atoms with Crippen LogP contribution in [0.2, 0.25) is 0 Å². The van der Waals surface area contributed by atoms with Crippen molar-refractivity contribution in [1.82, 2.24) is 25.1 Å². The van der Waals surface area contributed by atoms with Crippen LogP contribution in [0, 0.1) is 5.82 Å². The van der Waals surface area contributed by atoms with E-state index >= 15 is 0 Å². The summed E-state index contributed by atoms with van der Waals surface area (Å²) in [5.41, 5.74) is 5.26. The highest BCUT2D eigenvalue weighted by molar-refractivity contribution is 7.99. The summed E-state index contributed by atoms with van der Waals surface area (Å²) in [6, 6.07) is 0. The van der Waals surface area contributed by atoms with Crippen molar-refractivity contribution in [3.63, 3.8) is 0 Å². The van der Waals surface area contributed by atoms with Gasteiger partial charge in [0.15, 0.2) is 21.9 Å². The third kappa shape index (κ3) is 1.79. The number of anilines is 1. The maximum absolute atomic E-state index is 12.7.